The van der Waals surface area contributed by atoms with Gasteiger partial charge in [-0.1, -0.05) is 34.4 Å². The summed E-state index contributed by atoms with van der Waals surface area (Å²) < 4.78 is 49.5. The number of ketones is 1. The number of ether oxygens (including phenoxy) is 1. The van der Waals surface area contributed by atoms with E-state index in [2.05, 4.69) is 5.16 Å². The van der Waals surface area contributed by atoms with Crippen molar-refractivity contribution in [3.05, 3.63) is 69.1 Å². The minimum absolute atomic E-state index is 0.0115. The lowest BCUT2D eigenvalue weighted by molar-refractivity contribution is 0.0191. The summed E-state index contributed by atoms with van der Waals surface area (Å²) in [5, 5.41) is 4.85. The Balaban J connectivity index is 1.18. The van der Waals surface area contributed by atoms with E-state index in [1.807, 2.05) is 4.90 Å². The Kier molecular flexibility index (Phi) is 6.91. The molecule has 0 spiro atoms. The molecule has 0 unspecified atom stereocenters. The van der Waals surface area contributed by atoms with Crippen LogP contribution < -0.4 is 4.90 Å². The molecule has 40 heavy (non-hydrogen) atoms. The van der Waals surface area contributed by atoms with Gasteiger partial charge < -0.3 is 14.2 Å². The van der Waals surface area contributed by atoms with E-state index in [4.69, 9.17) is 32.5 Å². The number of halogens is 3. The molecule has 2 bridgehead atoms. The zero-order valence-corrected chi connectivity index (χ0v) is 23.7. The highest BCUT2D eigenvalue weighted by Crippen LogP contribution is 2.47. The first-order chi connectivity index (χ1) is 19.0. The molecule has 8 nitrogen and oxygen atoms in total. The van der Waals surface area contributed by atoms with Gasteiger partial charge in [-0.25, -0.2) is 17.6 Å². The molecule has 12 heteroatoms. The average molecular weight is 607 g/mol. The van der Waals surface area contributed by atoms with Crippen LogP contribution in [0.25, 0.3) is 11.3 Å². The van der Waals surface area contributed by atoms with Crippen LogP contribution in [0.1, 0.15) is 58.1 Å². The van der Waals surface area contributed by atoms with Gasteiger partial charge in [0.05, 0.1) is 15.7 Å². The fourth-order valence-corrected chi connectivity index (χ4v) is 7.02. The maximum Gasteiger partial charge on any atom is 0.344 e. The molecule has 6 rings (SSSR count). The first-order valence-corrected chi connectivity index (χ1v) is 15.7. The summed E-state index contributed by atoms with van der Waals surface area (Å²) in [5.41, 5.74) is 1.27. The molecule has 1 aromatic heterocycles. The zero-order chi connectivity index (χ0) is 28.3. The smallest absolute Gasteiger partial charge is 0.344 e. The van der Waals surface area contributed by atoms with Crippen molar-refractivity contribution < 1.29 is 31.7 Å². The van der Waals surface area contributed by atoms with Crippen molar-refractivity contribution in [3.8, 4) is 11.3 Å². The van der Waals surface area contributed by atoms with Crippen molar-refractivity contribution >= 4 is 50.5 Å². The predicted molar refractivity (Wildman–Crippen MR) is 147 cm³/mol. The number of fused-ring (bicyclic) bond motifs is 2. The van der Waals surface area contributed by atoms with Gasteiger partial charge in [0, 0.05) is 48.2 Å². The molecule has 2 heterocycles. The molecule has 0 N–H and O–H groups in total. The number of carbonyl (C=O) groups excluding carboxylic acids is 2. The number of rotatable bonds is 8. The van der Waals surface area contributed by atoms with E-state index in [0.29, 0.717) is 46.4 Å². The van der Waals surface area contributed by atoms with Crippen LogP contribution in [0.2, 0.25) is 10.0 Å². The van der Waals surface area contributed by atoms with Gasteiger partial charge >= 0.3 is 5.97 Å². The van der Waals surface area contributed by atoms with E-state index in [-0.39, 0.29) is 40.8 Å². The lowest BCUT2D eigenvalue weighted by Crippen LogP contribution is -2.40. The van der Waals surface area contributed by atoms with Crippen molar-refractivity contribution in [1.29, 1.82) is 0 Å². The Bertz CT molecular complexity index is 1620. The van der Waals surface area contributed by atoms with Gasteiger partial charge in [-0.05, 0) is 49.6 Å². The van der Waals surface area contributed by atoms with E-state index in [1.54, 1.807) is 18.2 Å². The average Bonchev–Trinajstić information content (AvgIpc) is 3.32. The van der Waals surface area contributed by atoms with E-state index < -0.39 is 33.2 Å². The highest BCUT2D eigenvalue weighted by atomic mass is 35.5. The van der Waals surface area contributed by atoms with Crippen LogP contribution in [-0.2, 0) is 14.6 Å². The van der Waals surface area contributed by atoms with Gasteiger partial charge in [0.2, 0.25) is 0 Å². The number of nitrogens with zero attached hydrogens (tertiary/aromatic N) is 2. The number of anilines is 1. The Hall–Kier alpha value is -2.95. The second-order valence-corrected chi connectivity index (χ2v) is 13.7. The molecule has 1 aliphatic heterocycles. The monoisotopic (exact) mass is 606 g/mol. The summed E-state index contributed by atoms with van der Waals surface area (Å²) in [5.74, 6) is -1.91. The third-order valence-electron chi connectivity index (χ3n) is 7.78. The summed E-state index contributed by atoms with van der Waals surface area (Å²) in [7, 11) is -3.52. The zero-order valence-electron chi connectivity index (χ0n) is 21.4. The van der Waals surface area contributed by atoms with E-state index in [9.17, 15) is 18.0 Å². The summed E-state index contributed by atoms with van der Waals surface area (Å²) in [6, 6.07) is 9.02. The molecule has 1 saturated heterocycles. The standard InChI is InChI=1S/C28H25Cl2FN2O6S/c1-40(36,37)13-22(34)15-7-8-21(20(31)10-15)33-12-16-9-17(33)11-23(16)38-28(35)25-26(32-39-27(25)14-5-6-14)24-18(29)3-2-4-19(24)30/h2-4,7-8,10,14,16-17,23H,5-6,9,11-13H2,1H3/t16-,17-,23+/m0/s1. The van der Waals surface area contributed by atoms with Gasteiger partial charge in [-0.3, -0.25) is 4.79 Å². The van der Waals surface area contributed by atoms with Crippen molar-refractivity contribution in [3.63, 3.8) is 0 Å². The van der Waals surface area contributed by atoms with Crippen LogP contribution in [0, 0.1) is 11.7 Å². The molecule has 2 saturated carbocycles. The van der Waals surface area contributed by atoms with Crippen molar-refractivity contribution in [2.45, 2.75) is 43.7 Å². The Morgan fingerprint density at radius 1 is 1.15 bits per heavy atom. The summed E-state index contributed by atoms with van der Waals surface area (Å²) in [4.78, 5) is 27.7. The molecule has 3 aromatic rings. The molecular weight excluding hydrogens is 582 g/mol. The largest absolute Gasteiger partial charge is 0.458 e. The molecule has 0 radical (unpaired) electrons. The van der Waals surface area contributed by atoms with Crippen LogP contribution in [0.15, 0.2) is 40.9 Å². The second-order valence-electron chi connectivity index (χ2n) is 10.8. The summed E-state index contributed by atoms with van der Waals surface area (Å²) in [6.45, 7) is 0.471. The maximum atomic E-state index is 15.0. The minimum atomic E-state index is -3.52. The van der Waals surface area contributed by atoms with Crippen LogP contribution in [0.3, 0.4) is 0 Å². The Morgan fingerprint density at radius 3 is 2.48 bits per heavy atom. The normalized spacial score (nSPS) is 22.1. The molecule has 3 aliphatic rings. The molecule has 2 aliphatic carbocycles. The van der Waals surface area contributed by atoms with Crippen molar-refractivity contribution in [1.82, 2.24) is 5.16 Å². The minimum Gasteiger partial charge on any atom is -0.458 e. The predicted octanol–water partition coefficient (Wildman–Crippen LogP) is 5.72. The molecule has 3 atom stereocenters. The van der Waals surface area contributed by atoms with Crippen molar-refractivity contribution in [2.24, 2.45) is 5.92 Å². The number of benzene rings is 2. The molecular formula is C28H25Cl2FN2O6S. The number of Topliss-reactive ketones (excluding diaryl/α,β-unsaturated/α-hetero) is 1. The number of hydrogen-bond donors (Lipinski definition) is 0. The molecule has 210 valence electrons. The van der Waals surface area contributed by atoms with Gasteiger partial charge in [-0.15, -0.1) is 0 Å². The van der Waals surface area contributed by atoms with E-state index in [0.717, 1.165) is 25.2 Å². The Morgan fingerprint density at radius 2 is 1.88 bits per heavy atom. The third-order valence-corrected chi connectivity index (χ3v) is 9.19. The molecule has 0 amide bonds. The van der Waals surface area contributed by atoms with Crippen LogP contribution in [0.4, 0.5) is 10.1 Å². The number of piperidine rings is 1. The van der Waals surface area contributed by atoms with E-state index in [1.165, 1.54) is 12.1 Å². The first-order valence-electron chi connectivity index (χ1n) is 12.9. The van der Waals surface area contributed by atoms with Gasteiger partial charge in [0.25, 0.3) is 0 Å². The highest BCUT2D eigenvalue weighted by Gasteiger charge is 2.48. The molecule has 3 fully saturated rings. The first kappa shape index (κ1) is 27.2. The molecule has 2 aromatic carbocycles. The number of carbonyl (C=O) groups is 2. The number of esters is 1. The lowest BCUT2D eigenvalue weighted by atomic mass is 10.0. The summed E-state index contributed by atoms with van der Waals surface area (Å²) >= 11 is 12.8. The van der Waals surface area contributed by atoms with Gasteiger partial charge in [0.15, 0.2) is 21.4 Å². The quantitative estimate of drug-likeness (QED) is 0.237. The van der Waals surface area contributed by atoms with Crippen LogP contribution in [0.5, 0.6) is 0 Å². The van der Waals surface area contributed by atoms with Crippen LogP contribution in [-0.4, -0.2) is 56.0 Å². The number of hydrogen-bond acceptors (Lipinski definition) is 8. The van der Waals surface area contributed by atoms with E-state index >= 15 is 4.39 Å². The topological polar surface area (TPSA) is 107 Å². The SMILES string of the molecule is CS(=O)(=O)CC(=O)c1ccc(N2C[C@@H]3C[C@H]2C[C@H]3OC(=O)c2c(-c3c(Cl)cccc3Cl)noc2C2CC2)c(F)c1. The Labute approximate surface area is 240 Å². The number of aromatic nitrogens is 1. The fourth-order valence-electron chi connectivity index (χ4n) is 5.80. The van der Waals surface area contributed by atoms with Crippen molar-refractivity contribution in [2.75, 3.05) is 23.5 Å². The fraction of sp³-hybridized carbons (Fsp3) is 0.393. The second kappa shape index (κ2) is 10.2. The number of sulfone groups is 1. The third kappa shape index (κ3) is 5.12. The van der Waals surface area contributed by atoms with Gasteiger partial charge in [0.1, 0.15) is 28.9 Å². The van der Waals surface area contributed by atoms with Crippen LogP contribution >= 0.6 is 23.2 Å². The maximum absolute atomic E-state index is 15.0. The summed E-state index contributed by atoms with van der Waals surface area (Å²) in [6.07, 6.45) is 3.59. The lowest BCUT2D eigenvalue weighted by Gasteiger charge is -2.33. The van der Waals surface area contributed by atoms with Gasteiger partial charge in [-0.2, -0.15) is 0 Å². The highest BCUT2D eigenvalue weighted by molar-refractivity contribution is 7.91.